The number of nitrogens with zero attached hydrogens (tertiary/aromatic N) is 4. The number of halogens is 7. The maximum atomic E-state index is 14.5. The summed E-state index contributed by atoms with van der Waals surface area (Å²) in [7, 11) is 0. The van der Waals surface area contributed by atoms with Gasteiger partial charge in [0, 0.05) is 29.6 Å². The fourth-order valence-electron chi connectivity index (χ4n) is 4.59. The van der Waals surface area contributed by atoms with Gasteiger partial charge >= 0.3 is 6.18 Å². The van der Waals surface area contributed by atoms with E-state index in [1.165, 1.54) is 16.8 Å². The zero-order chi connectivity index (χ0) is 20.8. The summed E-state index contributed by atoms with van der Waals surface area (Å²) in [4.78, 5) is 5.83. The highest BCUT2D eigenvalue weighted by Gasteiger charge is 2.41. The number of hydrogen-bond donors (Lipinski definition) is 1. The van der Waals surface area contributed by atoms with Crippen molar-refractivity contribution < 1.29 is 17.6 Å². The van der Waals surface area contributed by atoms with E-state index in [9.17, 15) is 17.6 Å². The van der Waals surface area contributed by atoms with Gasteiger partial charge in [-0.25, -0.2) is 14.1 Å². The average Bonchev–Trinajstić information content (AvgIpc) is 3.14. The molecule has 31 heavy (non-hydrogen) atoms. The molecular formula is C19H24Cl3F4N5. The van der Waals surface area contributed by atoms with Gasteiger partial charge in [-0.1, -0.05) is 11.6 Å². The molecule has 174 valence electrons. The van der Waals surface area contributed by atoms with Crippen molar-refractivity contribution in [2.75, 3.05) is 13.1 Å². The Kier molecular flexibility index (Phi) is 8.25. The Balaban J connectivity index is 0.00000171. The Morgan fingerprint density at radius 1 is 1.16 bits per heavy atom. The third-order valence-corrected chi connectivity index (χ3v) is 6.50. The Hall–Kier alpha value is -1.13. The van der Waals surface area contributed by atoms with E-state index in [-0.39, 0.29) is 36.7 Å². The molecule has 1 aliphatic heterocycles. The molecule has 1 aliphatic carbocycles. The average molecular weight is 505 g/mol. The van der Waals surface area contributed by atoms with Crippen LogP contribution in [0, 0.1) is 5.82 Å². The predicted molar refractivity (Wildman–Crippen MR) is 114 cm³/mol. The van der Waals surface area contributed by atoms with E-state index in [0.29, 0.717) is 55.4 Å². The van der Waals surface area contributed by atoms with Crippen LogP contribution in [0.2, 0.25) is 5.02 Å². The van der Waals surface area contributed by atoms with Gasteiger partial charge in [-0.2, -0.15) is 13.2 Å². The zero-order valence-electron chi connectivity index (χ0n) is 16.5. The number of aromatic nitrogens is 3. The lowest BCUT2D eigenvalue weighted by Crippen LogP contribution is -2.48. The molecule has 1 fully saturated rings. The van der Waals surface area contributed by atoms with Crippen molar-refractivity contribution in [1.82, 2.24) is 19.7 Å². The van der Waals surface area contributed by atoms with Crippen LogP contribution in [-0.2, 0) is 24.7 Å². The SMILES string of the molecule is Cl.Cl.NC[C@]1(c2cc(Cl)ccc2F)CC[C@H](N2CCn3nc(C(F)(F)F)nc3C2)CC1. The van der Waals surface area contributed by atoms with E-state index in [4.69, 9.17) is 17.3 Å². The second-order valence-corrected chi connectivity index (χ2v) is 8.32. The van der Waals surface area contributed by atoms with Crippen molar-refractivity contribution in [2.24, 2.45) is 5.73 Å². The Bertz CT molecular complexity index is 897. The second-order valence-electron chi connectivity index (χ2n) is 7.88. The first-order chi connectivity index (χ1) is 13.7. The number of hydrogen-bond acceptors (Lipinski definition) is 4. The summed E-state index contributed by atoms with van der Waals surface area (Å²) in [6, 6.07) is 4.75. The van der Waals surface area contributed by atoms with Gasteiger partial charge in [-0.3, -0.25) is 4.90 Å². The molecule has 0 radical (unpaired) electrons. The van der Waals surface area contributed by atoms with E-state index in [2.05, 4.69) is 15.0 Å². The smallest absolute Gasteiger partial charge is 0.330 e. The van der Waals surface area contributed by atoms with Crippen LogP contribution in [-0.4, -0.2) is 38.8 Å². The quantitative estimate of drug-likeness (QED) is 0.621. The normalized spacial score (nSPS) is 24.1. The number of rotatable bonds is 3. The highest BCUT2D eigenvalue weighted by atomic mass is 35.5. The fraction of sp³-hybridized carbons (Fsp3) is 0.579. The first-order valence-electron chi connectivity index (χ1n) is 9.62. The molecule has 2 aliphatic rings. The van der Waals surface area contributed by atoms with Crippen molar-refractivity contribution >= 4 is 36.4 Å². The van der Waals surface area contributed by atoms with Gasteiger partial charge in [0.25, 0.3) is 5.82 Å². The van der Waals surface area contributed by atoms with Crippen molar-refractivity contribution in [1.29, 1.82) is 0 Å². The summed E-state index contributed by atoms with van der Waals surface area (Å²) in [5.41, 5.74) is 6.16. The van der Waals surface area contributed by atoms with Crippen LogP contribution in [0.15, 0.2) is 18.2 Å². The Labute approximate surface area is 195 Å². The lowest BCUT2D eigenvalue weighted by atomic mass is 9.67. The van der Waals surface area contributed by atoms with E-state index in [0.717, 1.165) is 12.8 Å². The monoisotopic (exact) mass is 503 g/mol. The molecule has 2 heterocycles. The maximum Gasteiger partial charge on any atom is 0.453 e. The summed E-state index contributed by atoms with van der Waals surface area (Å²) in [5.74, 6) is -1.05. The molecule has 5 nitrogen and oxygen atoms in total. The number of benzene rings is 1. The van der Waals surface area contributed by atoms with Crippen LogP contribution in [0.25, 0.3) is 0 Å². The summed E-state index contributed by atoms with van der Waals surface area (Å²) in [6.45, 7) is 1.63. The first kappa shape index (κ1) is 26.1. The Morgan fingerprint density at radius 3 is 2.45 bits per heavy atom. The molecule has 0 amide bonds. The van der Waals surface area contributed by atoms with Gasteiger partial charge in [0.05, 0.1) is 13.1 Å². The molecule has 4 rings (SSSR count). The van der Waals surface area contributed by atoms with E-state index in [1.54, 1.807) is 6.07 Å². The predicted octanol–water partition coefficient (Wildman–Crippen LogP) is 4.59. The van der Waals surface area contributed by atoms with E-state index < -0.39 is 17.4 Å². The van der Waals surface area contributed by atoms with Crippen LogP contribution >= 0.6 is 36.4 Å². The summed E-state index contributed by atoms with van der Waals surface area (Å²) < 4.78 is 54.4. The van der Waals surface area contributed by atoms with Crippen LogP contribution < -0.4 is 5.73 Å². The van der Waals surface area contributed by atoms with Crippen LogP contribution in [0.3, 0.4) is 0 Å². The second kappa shape index (κ2) is 9.79. The summed E-state index contributed by atoms with van der Waals surface area (Å²) in [5, 5.41) is 4.06. The molecule has 0 bridgehead atoms. The zero-order valence-corrected chi connectivity index (χ0v) is 18.9. The molecule has 0 saturated heterocycles. The minimum atomic E-state index is -4.54. The first-order valence-corrected chi connectivity index (χ1v) is 10.0. The van der Waals surface area contributed by atoms with Gasteiger partial charge in [0.15, 0.2) is 0 Å². The molecule has 2 N–H and O–H groups in total. The summed E-state index contributed by atoms with van der Waals surface area (Å²) in [6.07, 6.45) is -1.58. The lowest BCUT2D eigenvalue weighted by molar-refractivity contribution is -0.145. The van der Waals surface area contributed by atoms with Gasteiger partial charge in [0.1, 0.15) is 11.6 Å². The molecule has 1 aromatic carbocycles. The van der Waals surface area contributed by atoms with Gasteiger partial charge in [-0.15, -0.1) is 29.9 Å². The van der Waals surface area contributed by atoms with Gasteiger partial charge in [-0.05, 0) is 49.4 Å². The van der Waals surface area contributed by atoms with E-state index >= 15 is 0 Å². The van der Waals surface area contributed by atoms with Crippen molar-refractivity contribution in [3.63, 3.8) is 0 Å². The maximum absolute atomic E-state index is 14.5. The molecule has 1 aromatic heterocycles. The fourth-order valence-corrected chi connectivity index (χ4v) is 4.77. The molecule has 0 unspecified atom stereocenters. The van der Waals surface area contributed by atoms with Gasteiger partial charge in [0.2, 0.25) is 0 Å². The van der Waals surface area contributed by atoms with Gasteiger partial charge < -0.3 is 5.73 Å². The van der Waals surface area contributed by atoms with Crippen molar-refractivity contribution in [3.05, 3.63) is 46.3 Å². The highest BCUT2D eigenvalue weighted by Crippen LogP contribution is 2.42. The van der Waals surface area contributed by atoms with Crippen molar-refractivity contribution in [3.8, 4) is 0 Å². The number of fused-ring (bicyclic) bond motifs is 1. The molecule has 2 aromatic rings. The third-order valence-electron chi connectivity index (χ3n) is 6.26. The number of nitrogens with two attached hydrogens (primary N) is 1. The molecule has 0 atom stereocenters. The molecular weight excluding hydrogens is 481 g/mol. The van der Waals surface area contributed by atoms with Crippen LogP contribution in [0.5, 0.6) is 0 Å². The third kappa shape index (κ3) is 5.11. The molecule has 1 saturated carbocycles. The minimum absolute atomic E-state index is 0. The molecule has 0 spiro atoms. The van der Waals surface area contributed by atoms with Crippen LogP contribution in [0.4, 0.5) is 17.6 Å². The van der Waals surface area contributed by atoms with Crippen LogP contribution in [0.1, 0.15) is 42.9 Å². The standard InChI is InChI=1S/C19H22ClF4N5.2ClH/c20-12-1-2-15(21)14(9-12)18(11-25)5-3-13(4-6-18)28-7-8-29-16(10-28)26-17(27-29)19(22,23)24;;/h1-2,9,13H,3-8,10-11,25H2;2*1H/t13-,18-;;. The number of alkyl halides is 3. The van der Waals surface area contributed by atoms with Crippen molar-refractivity contribution in [2.45, 2.75) is 56.4 Å². The minimum Gasteiger partial charge on any atom is -0.330 e. The summed E-state index contributed by atoms with van der Waals surface area (Å²) >= 11 is 6.08. The Morgan fingerprint density at radius 2 is 1.84 bits per heavy atom. The topological polar surface area (TPSA) is 60.0 Å². The molecule has 12 heteroatoms. The highest BCUT2D eigenvalue weighted by molar-refractivity contribution is 6.30. The lowest BCUT2D eigenvalue weighted by Gasteiger charge is -2.44. The largest absolute Gasteiger partial charge is 0.453 e. The van der Waals surface area contributed by atoms with E-state index in [1.807, 2.05) is 0 Å².